The molecule has 3 rings (SSSR count). The van der Waals surface area contributed by atoms with Crippen LogP contribution < -0.4 is 14.8 Å². The molecular weight excluding hydrogens is 490 g/mol. The minimum absolute atomic E-state index is 0.0461. The number of unbranched alkanes of at least 4 members (excludes halogenated alkanes) is 2. The van der Waals surface area contributed by atoms with Gasteiger partial charge in [-0.1, -0.05) is 44.0 Å². The van der Waals surface area contributed by atoms with E-state index in [9.17, 15) is 18.0 Å². The average Bonchev–Trinajstić information content (AvgIpc) is 3.71. The minimum Gasteiger partial charge on any atom is -0.497 e. The Balaban J connectivity index is 1.65. The number of nitrogens with one attached hydrogen (secondary N) is 2. The molecule has 37 heavy (non-hydrogen) atoms. The van der Waals surface area contributed by atoms with Gasteiger partial charge in [-0.25, -0.2) is 13.1 Å². The van der Waals surface area contributed by atoms with Gasteiger partial charge in [-0.2, -0.15) is 0 Å². The first-order valence-electron chi connectivity index (χ1n) is 13.0. The Bertz CT molecular complexity index is 1130. The lowest BCUT2D eigenvalue weighted by molar-refractivity contribution is -0.140. The summed E-state index contributed by atoms with van der Waals surface area (Å²) in [4.78, 5) is 28.0. The number of aryl methyl sites for hydroxylation is 1. The van der Waals surface area contributed by atoms with Crippen LogP contribution in [0, 0.1) is 0 Å². The van der Waals surface area contributed by atoms with Crippen LogP contribution in [0.2, 0.25) is 0 Å². The van der Waals surface area contributed by atoms with E-state index in [2.05, 4.69) is 17.0 Å². The van der Waals surface area contributed by atoms with Crippen molar-refractivity contribution in [1.82, 2.24) is 14.9 Å². The molecule has 8 nitrogen and oxygen atoms in total. The van der Waals surface area contributed by atoms with E-state index in [1.807, 2.05) is 24.3 Å². The number of sulfonamides is 1. The van der Waals surface area contributed by atoms with Gasteiger partial charge in [0.2, 0.25) is 21.8 Å². The smallest absolute Gasteiger partial charge is 0.242 e. The van der Waals surface area contributed by atoms with Crippen molar-refractivity contribution in [1.29, 1.82) is 0 Å². The van der Waals surface area contributed by atoms with Gasteiger partial charge < -0.3 is 15.0 Å². The van der Waals surface area contributed by atoms with Crippen molar-refractivity contribution in [3.05, 3.63) is 59.7 Å². The second kappa shape index (κ2) is 13.6. The summed E-state index contributed by atoms with van der Waals surface area (Å²) in [6.45, 7) is 4.75. The van der Waals surface area contributed by atoms with Gasteiger partial charge in [-0.15, -0.1) is 0 Å². The predicted molar refractivity (Wildman–Crippen MR) is 144 cm³/mol. The molecule has 2 amide bonds. The maximum atomic E-state index is 13.3. The van der Waals surface area contributed by atoms with Gasteiger partial charge in [0.25, 0.3) is 0 Å². The SMILES string of the molecule is CCCCCNC(=O)[C@H](C)N(Cc1ccc(OC)cc1)C(=O)CCc1ccc(S(=O)(=O)NC2CC2)cc1. The highest BCUT2D eigenvalue weighted by Crippen LogP contribution is 2.22. The highest BCUT2D eigenvalue weighted by atomic mass is 32.2. The molecule has 0 saturated heterocycles. The Hall–Kier alpha value is -2.91. The summed E-state index contributed by atoms with van der Waals surface area (Å²) >= 11 is 0. The third-order valence-corrected chi connectivity index (χ3v) is 8.06. The zero-order chi connectivity index (χ0) is 26.8. The van der Waals surface area contributed by atoms with E-state index in [0.29, 0.717) is 19.5 Å². The van der Waals surface area contributed by atoms with Gasteiger partial charge in [0, 0.05) is 25.6 Å². The molecule has 0 aromatic heterocycles. The van der Waals surface area contributed by atoms with E-state index in [4.69, 9.17) is 4.74 Å². The average molecular weight is 530 g/mol. The molecule has 1 saturated carbocycles. The first-order chi connectivity index (χ1) is 17.7. The third kappa shape index (κ3) is 8.86. The number of carbonyl (C=O) groups is 2. The van der Waals surface area contributed by atoms with Gasteiger partial charge in [0.1, 0.15) is 11.8 Å². The zero-order valence-electron chi connectivity index (χ0n) is 22.0. The molecule has 1 atom stereocenters. The number of ether oxygens (including phenoxy) is 1. The standard InChI is InChI=1S/C28H39N3O5S/c1-4-5-6-19-29-28(33)21(2)31(20-23-7-14-25(36-3)15-8-23)27(32)18-11-22-9-16-26(17-10-22)37(34,35)30-24-12-13-24/h7-10,14-17,21,24,30H,4-6,11-13,18-20H2,1-3H3,(H,29,33)/t21-/m0/s1. The van der Waals surface area contributed by atoms with Crippen LogP contribution in [-0.2, 0) is 32.6 Å². The van der Waals surface area contributed by atoms with Gasteiger partial charge in [-0.05, 0) is 68.0 Å². The van der Waals surface area contributed by atoms with Crippen LogP contribution in [0.5, 0.6) is 5.75 Å². The number of hydrogen-bond donors (Lipinski definition) is 2. The van der Waals surface area contributed by atoms with Crippen molar-refractivity contribution in [3.63, 3.8) is 0 Å². The molecule has 1 fully saturated rings. The lowest BCUT2D eigenvalue weighted by Crippen LogP contribution is -2.47. The number of nitrogens with zero attached hydrogens (tertiary/aromatic N) is 1. The number of rotatable bonds is 15. The van der Waals surface area contributed by atoms with E-state index in [1.54, 1.807) is 43.2 Å². The van der Waals surface area contributed by atoms with Crippen LogP contribution in [0.1, 0.15) is 63.5 Å². The number of carbonyl (C=O) groups excluding carboxylic acids is 2. The first kappa shape index (κ1) is 28.7. The molecule has 2 N–H and O–H groups in total. The van der Waals surface area contributed by atoms with Crippen molar-refractivity contribution < 1.29 is 22.7 Å². The zero-order valence-corrected chi connectivity index (χ0v) is 22.9. The Labute approximate surface area is 220 Å². The maximum absolute atomic E-state index is 13.3. The lowest BCUT2D eigenvalue weighted by Gasteiger charge is -2.29. The second-order valence-corrected chi connectivity index (χ2v) is 11.3. The van der Waals surface area contributed by atoms with Crippen LogP contribution >= 0.6 is 0 Å². The summed E-state index contributed by atoms with van der Waals surface area (Å²) in [5, 5.41) is 2.95. The first-order valence-corrected chi connectivity index (χ1v) is 14.5. The molecule has 0 heterocycles. The predicted octanol–water partition coefficient (Wildman–Crippen LogP) is 3.79. The van der Waals surface area contributed by atoms with Gasteiger partial charge in [0.15, 0.2) is 0 Å². The van der Waals surface area contributed by atoms with Gasteiger partial charge in [-0.3, -0.25) is 9.59 Å². The Morgan fingerprint density at radius 2 is 1.68 bits per heavy atom. The van der Waals surface area contributed by atoms with Crippen molar-refractivity contribution in [2.75, 3.05) is 13.7 Å². The molecule has 0 aliphatic heterocycles. The quantitative estimate of drug-likeness (QED) is 0.342. The summed E-state index contributed by atoms with van der Waals surface area (Å²) in [6.07, 6.45) is 5.42. The van der Waals surface area contributed by atoms with Crippen molar-refractivity contribution in [2.45, 2.75) is 82.3 Å². The van der Waals surface area contributed by atoms with Crippen LogP contribution in [-0.4, -0.2) is 50.9 Å². The Kier molecular flexibility index (Phi) is 10.5. The van der Waals surface area contributed by atoms with Gasteiger partial charge >= 0.3 is 0 Å². The molecular formula is C28H39N3O5S. The van der Waals surface area contributed by atoms with Crippen molar-refractivity contribution >= 4 is 21.8 Å². The van der Waals surface area contributed by atoms with Crippen LogP contribution in [0.15, 0.2) is 53.4 Å². The second-order valence-electron chi connectivity index (χ2n) is 9.58. The molecule has 2 aromatic rings. The normalized spacial score (nSPS) is 14.1. The Morgan fingerprint density at radius 3 is 2.27 bits per heavy atom. The largest absolute Gasteiger partial charge is 0.497 e. The molecule has 0 unspecified atom stereocenters. The van der Waals surface area contributed by atoms with E-state index in [-0.39, 0.29) is 29.2 Å². The van der Waals surface area contributed by atoms with Crippen molar-refractivity contribution in [3.8, 4) is 5.75 Å². The fourth-order valence-corrected chi connectivity index (χ4v) is 5.27. The minimum atomic E-state index is -3.51. The lowest BCUT2D eigenvalue weighted by atomic mass is 10.1. The Morgan fingerprint density at radius 1 is 1.03 bits per heavy atom. The fourth-order valence-electron chi connectivity index (χ4n) is 3.96. The monoisotopic (exact) mass is 529 g/mol. The van der Waals surface area contributed by atoms with E-state index in [0.717, 1.165) is 49.0 Å². The highest BCUT2D eigenvalue weighted by molar-refractivity contribution is 7.89. The van der Waals surface area contributed by atoms with Crippen LogP contribution in [0.4, 0.5) is 0 Å². The number of methoxy groups -OCH3 is 1. The van der Waals surface area contributed by atoms with E-state index in [1.165, 1.54) is 0 Å². The van der Waals surface area contributed by atoms with E-state index >= 15 is 0 Å². The summed E-state index contributed by atoms with van der Waals surface area (Å²) in [6, 6.07) is 13.5. The van der Waals surface area contributed by atoms with Crippen molar-refractivity contribution in [2.24, 2.45) is 0 Å². The van der Waals surface area contributed by atoms with Crippen LogP contribution in [0.3, 0.4) is 0 Å². The molecule has 2 aromatic carbocycles. The number of hydrogen-bond acceptors (Lipinski definition) is 5. The molecule has 0 bridgehead atoms. The summed E-state index contributed by atoms with van der Waals surface area (Å²) in [5.41, 5.74) is 1.76. The van der Waals surface area contributed by atoms with Gasteiger partial charge in [0.05, 0.1) is 12.0 Å². The highest BCUT2D eigenvalue weighted by Gasteiger charge is 2.28. The molecule has 1 aliphatic carbocycles. The fraction of sp³-hybridized carbons (Fsp3) is 0.500. The van der Waals surface area contributed by atoms with E-state index < -0.39 is 16.1 Å². The summed E-state index contributed by atoms with van der Waals surface area (Å²) in [7, 11) is -1.91. The molecule has 1 aliphatic rings. The topological polar surface area (TPSA) is 105 Å². The molecule has 202 valence electrons. The maximum Gasteiger partial charge on any atom is 0.242 e. The molecule has 0 spiro atoms. The third-order valence-electron chi connectivity index (χ3n) is 6.52. The molecule has 9 heteroatoms. The molecule has 0 radical (unpaired) electrons. The number of amides is 2. The summed E-state index contributed by atoms with van der Waals surface area (Å²) in [5.74, 6) is 0.413. The number of benzene rings is 2. The van der Waals surface area contributed by atoms with Crippen LogP contribution in [0.25, 0.3) is 0 Å². The summed E-state index contributed by atoms with van der Waals surface area (Å²) < 4.78 is 32.7.